The van der Waals surface area contributed by atoms with Crippen LogP contribution < -0.4 is 4.74 Å². The van der Waals surface area contributed by atoms with Gasteiger partial charge in [-0.15, -0.1) is 6.58 Å². The Kier molecular flexibility index (Phi) is 8.82. The molecule has 1 N–H and O–H groups in total. The molecule has 0 aliphatic rings. The highest BCUT2D eigenvalue weighted by Gasteiger charge is 2.17. The number of benzene rings is 1. The van der Waals surface area contributed by atoms with Crippen LogP contribution in [0.25, 0.3) is 0 Å². The molecule has 22 heavy (non-hydrogen) atoms. The van der Waals surface area contributed by atoms with Crippen LogP contribution in [0, 0.1) is 0 Å². The molecule has 0 radical (unpaired) electrons. The van der Waals surface area contributed by atoms with E-state index < -0.39 is 6.10 Å². The van der Waals surface area contributed by atoms with Crippen LogP contribution >= 0.6 is 0 Å². The molecule has 124 valence electrons. The summed E-state index contributed by atoms with van der Waals surface area (Å²) in [7, 11) is 1.67. The van der Waals surface area contributed by atoms with Gasteiger partial charge in [0.2, 0.25) is 0 Å². The van der Waals surface area contributed by atoms with Crippen LogP contribution in [0.15, 0.2) is 36.9 Å². The van der Waals surface area contributed by atoms with Gasteiger partial charge in [0.25, 0.3) is 0 Å². The lowest BCUT2D eigenvalue weighted by atomic mass is 10.1. The van der Waals surface area contributed by atoms with Crippen molar-refractivity contribution in [3.8, 4) is 5.75 Å². The molecule has 0 spiro atoms. The number of nitrogens with zero attached hydrogens (tertiary/aromatic N) is 1. The Balaban J connectivity index is 2.65. The molecule has 1 aromatic carbocycles. The molecular weight excluding hydrogens is 278 g/mol. The lowest BCUT2D eigenvalue weighted by molar-refractivity contribution is 0.0157. The van der Waals surface area contributed by atoms with Gasteiger partial charge in [0.1, 0.15) is 5.75 Å². The summed E-state index contributed by atoms with van der Waals surface area (Å²) in [5, 5.41) is 10.1. The van der Waals surface area contributed by atoms with Gasteiger partial charge in [0.05, 0.1) is 26.4 Å². The quantitative estimate of drug-likeness (QED) is 0.504. The van der Waals surface area contributed by atoms with Crippen molar-refractivity contribution in [1.82, 2.24) is 4.90 Å². The Hall–Kier alpha value is -1.36. The van der Waals surface area contributed by atoms with E-state index in [1.165, 1.54) is 5.56 Å². The Morgan fingerprint density at radius 2 is 2.18 bits per heavy atom. The predicted molar refractivity (Wildman–Crippen MR) is 90.2 cm³/mol. The van der Waals surface area contributed by atoms with Gasteiger partial charge in [-0.3, -0.25) is 4.90 Å². The minimum absolute atomic E-state index is 0.330. The summed E-state index contributed by atoms with van der Waals surface area (Å²) in [6, 6.07) is 8.44. The second-order valence-electron chi connectivity index (χ2n) is 5.52. The third-order valence-electron chi connectivity index (χ3n) is 3.73. The Morgan fingerprint density at radius 3 is 2.82 bits per heavy atom. The summed E-state index contributed by atoms with van der Waals surface area (Å²) >= 11 is 0. The smallest absolute Gasteiger partial charge is 0.119 e. The topological polar surface area (TPSA) is 41.9 Å². The van der Waals surface area contributed by atoms with E-state index in [2.05, 4.69) is 31.4 Å². The second-order valence-corrected chi connectivity index (χ2v) is 5.52. The molecule has 0 aliphatic carbocycles. The molecule has 4 heteroatoms. The summed E-state index contributed by atoms with van der Waals surface area (Å²) in [5.74, 6) is 0.858. The van der Waals surface area contributed by atoms with Crippen molar-refractivity contribution in [2.24, 2.45) is 0 Å². The molecule has 2 atom stereocenters. The van der Waals surface area contributed by atoms with Crippen molar-refractivity contribution in [3.05, 3.63) is 42.5 Å². The highest BCUT2D eigenvalue weighted by Crippen LogP contribution is 2.16. The zero-order valence-corrected chi connectivity index (χ0v) is 14.0. The summed E-state index contributed by atoms with van der Waals surface area (Å²) in [6.07, 6.45) is 2.22. The lowest BCUT2D eigenvalue weighted by Gasteiger charge is -2.30. The van der Waals surface area contributed by atoms with Crippen molar-refractivity contribution in [2.75, 3.05) is 26.9 Å². The average molecular weight is 307 g/mol. The van der Waals surface area contributed by atoms with E-state index in [1.54, 1.807) is 13.2 Å². The average Bonchev–Trinajstić information content (AvgIpc) is 2.54. The highest BCUT2D eigenvalue weighted by molar-refractivity contribution is 5.28. The molecule has 0 heterocycles. The number of methoxy groups -OCH3 is 1. The molecule has 0 saturated heterocycles. The van der Waals surface area contributed by atoms with Crippen molar-refractivity contribution < 1.29 is 14.6 Å². The molecule has 0 saturated carbocycles. The molecule has 0 aromatic heterocycles. The lowest BCUT2D eigenvalue weighted by Crippen LogP contribution is -2.39. The summed E-state index contributed by atoms with van der Waals surface area (Å²) in [6.45, 7) is 10.1. The van der Waals surface area contributed by atoms with Gasteiger partial charge in [-0.05, 0) is 31.0 Å². The molecule has 4 nitrogen and oxygen atoms in total. The first-order valence-corrected chi connectivity index (χ1v) is 7.84. The normalized spacial score (nSPS) is 13.9. The van der Waals surface area contributed by atoms with Crippen LogP contribution in [0.2, 0.25) is 0 Å². The van der Waals surface area contributed by atoms with Crippen molar-refractivity contribution in [3.63, 3.8) is 0 Å². The number of rotatable bonds is 11. The first kappa shape index (κ1) is 18.7. The highest BCUT2D eigenvalue weighted by atomic mass is 16.5. The number of hydrogen-bond acceptors (Lipinski definition) is 4. The van der Waals surface area contributed by atoms with E-state index in [-0.39, 0.29) is 0 Å². The van der Waals surface area contributed by atoms with E-state index in [0.29, 0.717) is 25.8 Å². The Labute approximate surface area is 134 Å². The third kappa shape index (κ3) is 6.60. The zero-order chi connectivity index (χ0) is 16.4. The molecule has 1 aromatic rings. The van der Waals surface area contributed by atoms with Gasteiger partial charge in [-0.2, -0.15) is 0 Å². The SMILES string of the molecule is C=CCOC[C@@H](O)CN(Cc1cccc(OC)c1)[C@H](C)CC. The predicted octanol–water partition coefficient (Wildman–Crippen LogP) is 2.86. The monoisotopic (exact) mass is 307 g/mol. The fourth-order valence-corrected chi connectivity index (χ4v) is 2.27. The van der Waals surface area contributed by atoms with Crippen LogP contribution in [0.5, 0.6) is 5.75 Å². The standard InChI is InChI=1S/C18H29NO3/c1-5-10-22-14-17(20)13-19(15(3)6-2)12-16-8-7-9-18(11-16)21-4/h5,7-9,11,15,17,20H,1,6,10,12-14H2,2-4H3/t15-,17+/m1/s1. The van der Waals surface area contributed by atoms with Crippen LogP contribution in [-0.4, -0.2) is 49.0 Å². The zero-order valence-electron chi connectivity index (χ0n) is 14.0. The minimum atomic E-state index is -0.500. The molecular formula is C18H29NO3. The van der Waals surface area contributed by atoms with Crippen molar-refractivity contribution >= 4 is 0 Å². The maximum atomic E-state index is 10.1. The van der Waals surface area contributed by atoms with Gasteiger partial charge < -0.3 is 14.6 Å². The molecule has 0 bridgehead atoms. The third-order valence-corrected chi connectivity index (χ3v) is 3.73. The number of aliphatic hydroxyl groups is 1. The van der Waals surface area contributed by atoms with E-state index in [0.717, 1.165) is 18.7 Å². The Bertz CT molecular complexity index is 436. The maximum Gasteiger partial charge on any atom is 0.119 e. The van der Waals surface area contributed by atoms with Crippen molar-refractivity contribution in [2.45, 2.75) is 39.0 Å². The first-order chi connectivity index (χ1) is 10.6. The van der Waals surface area contributed by atoms with Crippen molar-refractivity contribution in [1.29, 1.82) is 0 Å². The van der Waals surface area contributed by atoms with Crippen LogP contribution in [0.4, 0.5) is 0 Å². The number of ether oxygens (including phenoxy) is 2. The largest absolute Gasteiger partial charge is 0.497 e. The van der Waals surface area contributed by atoms with E-state index in [9.17, 15) is 5.11 Å². The summed E-state index contributed by atoms with van der Waals surface area (Å²) in [5.41, 5.74) is 1.18. The van der Waals surface area contributed by atoms with Crippen LogP contribution in [-0.2, 0) is 11.3 Å². The van der Waals surface area contributed by atoms with E-state index in [4.69, 9.17) is 9.47 Å². The van der Waals surface area contributed by atoms with Gasteiger partial charge in [-0.25, -0.2) is 0 Å². The van der Waals surface area contributed by atoms with Gasteiger partial charge in [-0.1, -0.05) is 25.1 Å². The summed E-state index contributed by atoms with van der Waals surface area (Å²) < 4.78 is 10.6. The fourth-order valence-electron chi connectivity index (χ4n) is 2.27. The maximum absolute atomic E-state index is 10.1. The number of aliphatic hydroxyl groups excluding tert-OH is 1. The molecule has 0 fully saturated rings. The number of hydrogen-bond donors (Lipinski definition) is 1. The van der Waals surface area contributed by atoms with Gasteiger partial charge in [0.15, 0.2) is 0 Å². The van der Waals surface area contributed by atoms with Crippen LogP contribution in [0.1, 0.15) is 25.8 Å². The summed E-state index contributed by atoms with van der Waals surface area (Å²) in [4.78, 5) is 2.27. The fraction of sp³-hybridized carbons (Fsp3) is 0.556. The van der Waals surface area contributed by atoms with E-state index in [1.807, 2.05) is 18.2 Å². The molecule has 1 rings (SSSR count). The molecule has 0 aliphatic heterocycles. The molecule has 0 amide bonds. The Morgan fingerprint density at radius 1 is 1.41 bits per heavy atom. The van der Waals surface area contributed by atoms with Gasteiger partial charge in [0, 0.05) is 19.1 Å². The van der Waals surface area contributed by atoms with Crippen LogP contribution in [0.3, 0.4) is 0 Å². The first-order valence-electron chi connectivity index (χ1n) is 7.84. The molecule has 0 unspecified atom stereocenters. The minimum Gasteiger partial charge on any atom is -0.497 e. The van der Waals surface area contributed by atoms with Gasteiger partial charge >= 0.3 is 0 Å². The second kappa shape index (κ2) is 10.4. The van der Waals surface area contributed by atoms with E-state index >= 15 is 0 Å².